The molecular weight excluding hydrogens is 260 g/mol. The predicted octanol–water partition coefficient (Wildman–Crippen LogP) is 1.76. The molecule has 2 rings (SSSR count). The van der Waals surface area contributed by atoms with E-state index in [1.54, 1.807) is 6.92 Å². The lowest BCUT2D eigenvalue weighted by atomic mass is 10.1. The van der Waals surface area contributed by atoms with Crippen LogP contribution in [-0.2, 0) is 11.8 Å². The SMILES string of the molecule is Cc1ccccc1-c1nnc(S[C@@H](C)C(N)=O)n1C. The van der Waals surface area contributed by atoms with Crippen LogP contribution in [0.15, 0.2) is 29.4 Å². The fourth-order valence-corrected chi connectivity index (χ4v) is 2.46. The van der Waals surface area contributed by atoms with E-state index in [2.05, 4.69) is 10.2 Å². The van der Waals surface area contributed by atoms with E-state index in [9.17, 15) is 4.79 Å². The number of nitrogens with two attached hydrogens (primary N) is 1. The van der Waals surface area contributed by atoms with Crippen LogP contribution in [0.1, 0.15) is 12.5 Å². The van der Waals surface area contributed by atoms with Crippen molar-refractivity contribution in [1.29, 1.82) is 0 Å². The molecule has 0 bridgehead atoms. The van der Waals surface area contributed by atoms with Crippen LogP contribution in [0.5, 0.6) is 0 Å². The number of nitrogens with zero attached hydrogens (tertiary/aromatic N) is 3. The summed E-state index contributed by atoms with van der Waals surface area (Å²) in [7, 11) is 1.89. The first-order valence-electron chi connectivity index (χ1n) is 5.92. The van der Waals surface area contributed by atoms with Gasteiger partial charge in [-0.3, -0.25) is 4.79 Å². The second kappa shape index (κ2) is 5.44. The number of carbonyl (C=O) groups is 1. The van der Waals surface area contributed by atoms with E-state index in [1.807, 2.05) is 42.8 Å². The predicted molar refractivity (Wildman–Crippen MR) is 75.7 cm³/mol. The number of aromatic nitrogens is 3. The zero-order valence-corrected chi connectivity index (χ0v) is 11.9. The number of primary amides is 1. The molecule has 0 saturated heterocycles. The summed E-state index contributed by atoms with van der Waals surface area (Å²) in [4.78, 5) is 11.1. The van der Waals surface area contributed by atoms with Crippen LogP contribution < -0.4 is 5.73 Å². The molecule has 6 heteroatoms. The topological polar surface area (TPSA) is 73.8 Å². The molecule has 0 aliphatic rings. The molecule has 1 amide bonds. The highest BCUT2D eigenvalue weighted by molar-refractivity contribution is 8.00. The van der Waals surface area contributed by atoms with Gasteiger partial charge in [0.1, 0.15) is 0 Å². The van der Waals surface area contributed by atoms with Crippen LogP contribution in [0.25, 0.3) is 11.4 Å². The molecule has 2 N–H and O–H groups in total. The average Bonchev–Trinajstić information content (AvgIpc) is 2.72. The minimum absolute atomic E-state index is 0.326. The van der Waals surface area contributed by atoms with Crippen LogP contribution in [-0.4, -0.2) is 25.9 Å². The lowest BCUT2D eigenvalue weighted by Crippen LogP contribution is -2.22. The number of thioether (sulfide) groups is 1. The van der Waals surface area contributed by atoms with Gasteiger partial charge >= 0.3 is 0 Å². The third-order valence-corrected chi connectivity index (χ3v) is 4.06. The first-order chi connectivity index (χ1) is 9.00. The number of hydrogen-bond donors (Lipinski definition) is 1. The number of aryl methyl sites for hydroxylation is 1. The molecular formula is C13H16N4OS. The second-order valence-corrected chi connectivity index (χ2v) is 5.65. The summed E-state index contributed by atoms with van der Waals surface area (Å²) in [6, 6.07) is 7.99. The van der Waals surface area contributed by atoms with Crippen LogP contribution in [0.4, 0.5) is 0 Å². The maximum atomic E-state index is 11.1. The molecule has 0 radical (unpaired) electrons. The summed E-state index contributed by atoms with van der Waals surface area (Å²) < 4.78 is 1.88. The Hall–Kier alpha value is -1.82. The van der Waals surface area contributed by atoms with E-state index in [-0.39, 0.29) is 11.2 Å². The molecule has 100 valence electrons. The Balaban J connectivity index is 2.34. The molecule has 5 nitrogen and oxygen atoms in total. The number of hydrogen-bond acceptors (Lipinski definition) is 4. The third kappa shape index (κ3) is 2.78. The quantitative estimate of drug-likeness (QED) is 0.863. The van der Waals surface area contributed by atoms with E-state index in [0.717, 1.165) is 17.0 Å². The van der Waals surface area contributed by atoms with E-state index in [0.29, 0.717) is 5.16 Å². The largest absolute Gasteiger partial charge is 0.369 e. The Morgan fingerprint density at radius 2 is 2.05 bits per heavy atom. The molecule has 1 aromatic heterocycles. The van der Waals surface area contributed by atoms with Gasteiger partial charge in [-0.25, -0.2) is 0 Å². The van der Waals surface area contributed by atoms with Crippen molar-refractivity contribution in [3.05, 3.63) is 29.8 Å². The molecule has 1 heterocycles. The smallest absolute Gasteiger partial charge is 0.230 e. The highest BCUT2D eigenvalue weighted by Crippen LogP contribution is 2.26. The van der Waals surface area contributed by atoms with Gasteiger partial charge in [0.2, 0.25) is 5.91 Å². The van der Waals surface area contributed by atoms with Gasteiger partial charge < -0.3 is 10.3 Å². The summed E-state index contributed by atoms with van der Waals surface area (Å²) >= 11 is 1.31. The highest BCUT2D eigenvalue weighted by atomic mass is 32.2. The van der Waals surface area contributed by atoms with Crippen molar-refractivity contribution in [2.45, 2.75) is 24.3 Å². The van der Waals surface area contributed by atoms with Crippen LogP contribution in [0.2, 0.25) is 0 Å². The fourth-order valence-electron chi connectivity index (χ4n) is 1.69. The van der Waals surface area contributed by atoms with Crippen molar-refractivity contribution in [3.8, 4) is 11.4 Å². The van der Waals surface area contributed by atoms with Gasteiger partial charge in [0.15, 0.2) is 11.0 Å². The summed E-state index contributed by atoms with van der Waals surface area (Å²) in [5.74, 6) is 0.433. The Kier molecular flexibility index (Phi) is 3.90. The van der Waals surface area contributed by atoms with Crippen LogP contribution in [0.3, 0.4) is 0 Å². The van der Waals surface area contributed by atoms with E-state index >= 15 is 0 Å². The summed E-state index contributed by atoms with van der Waals surface area (Å²) in [6.45, 7) is 3.79. The second-order valence-electron chi connectivity index (χ2n) is 4.34. The van der Waals surface area contributed by atoms with E-state index in [1.165, 1.54) is 11.8 Å². The van der Waals surface area contributed by atoms with Crippen molar-refractivity contribution in [2.75, 3.05) is 0 Å². The van der Waals surface area contributed by atoms with Gasteiger partial charge in [-0.05, 0) is 19.4 Å². The first kappa shape index (κ1) is 13.6. The molecule has 1 atom stereocenters. The minimum Gasteiger partial charge on any atom is -0.369 e. The molecule has 2 aromatic rings. The molecule has 0 unspecified atom stereocenters. The third-order valence-electron chi connectivity index (χ3n) is 2.90. The van der Waals surface area contributed by atoms with Crippen molar-refractivity contribution in [3.63, 3.8) is 0 Å². The highest BCUT2D eigenvalue weighted by Gasteiger charge is 2.17. The Morgan fingerprint density at radius 3 is 2.68 bits per heavy atom. The molecule has 0 saturated carbocycles. The zero-order valence-electron chi connectivity index (χ0n) is 11.1. The van der Waals surface area contributed by atoms with Crippen molar-refractivity contribution in [2.24, 2.45) is 12.8 Å². The number of carbonyl (C=O) groups excluding carboxylic acids is 1. The monoisotopic (exact) mass is 276 g/mol. The van der Waals surface area contributed by atoms with E-state index in [4.69, 9.17) is 5.73 Å². The van der Waals surface area contributed by atoms with Gasteiger partial charge in [0, 0.05) is 12.6 Å². The van der Waals surface area contributed by atoms with Gasteiger partial charge in [-0.15, -0.1) is 10.2 Å². The fraction of sp³-hybridized carbons (Fsp3) is 0.308. The van der Waals surface area contributed by atoms with Gasteiger partial charge in [-0.2, -0.15) is 0 Å². The average molecular weight is 276 g/mol. The molecule has 0 aliphatic heterocycles. The number of rotatable bonds is 4. The maximum absolute atomic E-state index is 11.1. The molecule has 0 aliphatic carbocycles. The molecule has 0 spiro atoms. The summed E-state index contributed by atoms with van der Waals surface area (Å²) in [5.41, 5.74) is 7.43. The van der Waals surface area contributed by atoms with Crippen LogP contribution >= 0.6 is 11.8 Å². The van der Waals surface area contributed by atoms with Gasteiger partial charge in [0.05, 0.1) is 5.25 Å². The van der Waals surface area contributed by atoms with Gasteiger partial charge in [0.25, 0.3) is 0 Å². The zero-order chi connectivity index (χ0) is 14.0. The normalized spacial score (nSPS) is 12.4. The molecule has 0 fully saturated rings. The summed E-state index contributed by atoms with van der Waals surface area (Å²) in [6.07, 6.45) is 0. The maximum Gasteiger partial charge on any atom is 0.230 e. The standard InChI is InChI=1S/C13H16N4OS/c1-8-6-4-5-7-10(8)12-15-16-13(17(12)3)19-9(2)11(14)18/h4-7,9H,1-3H3,(H2,14,18)/t9-/m0/s1. The van der Waals surface area contributed by atoms with Crippen molar-refractivity contribution in [1.82, 2.24) is 14.8 Å². The first-order valence-corrected chi connectivity index (χ1v) is 6.80. The van der Waals surface area contributed by atoms with Crippen molar-refractivity contribution >= 4 is 17.7 Å². The van der Waals surface area contributed by atoms with Gasteiger partial charge in [-0.1, -0.05) is 36.0 Å². The lowest BCUT2D eigenvalue weighted by Gasteiger charge is -2.08. The molecule has 1 aromatic carbocycles. The number of amides is 1. The summed E-state index contributed by atoms with van der Waals surface area (Å²) in [5, 5.41) is 8.68. The number of benzene rings is 1. The van der Waals surface area contributed by atoms with Crippen LogP contribution in [0, 0.1) is 6.92 Å². The van der Waals surface area contributed by atoms with E-state index < -0.39 is 0 Å². The Bertz CT molecular complexity index is 608. The Labute approximate surface area is 116 Å². The lowest BCUT2D eigenvalue weighted by molar-refractivity contribution is -0.117. The molecule has 19 heavy (non-hydrogen) atoms. The van der Waals surface area contributed by atoms with Crippen molar-refractivity contribution < 1.29 is 4.79 Å². The Morgan fingerprint density at radius 1 is 1.37 bits per heavy atom. The minimum atomic E-state index is -0.356.